The summed E-state index contributed by atoms with van der Waals surface area (Å²) in [6.07, 6.45) is 4.10. The SMILES string of the molecule is [CH]=CC(CCC)c1ccccc1. The van der Waals surface area contributed by atoms with Crippen molar-refractivity contribution in [3.8, 4) is 0 Å². The summed E-state index contributed by atoms with van der Waals surface area (Å²) in [6.45, 7) is 7.75. The maximum Gasteiger partial charge on any atom is 0.00209 e. The number of allylic oxidation sites excluding steroid dienone is 1. The van der Waals surface area contributed by atoms with Crippen molar-refractivity contribution in [1.82, 2.24) is 0 Å². The average molecular weight is 159 g/mol. The molecule has 1 rings (SSSR count). The van der Waals surface area contributed by atoms with Crippen LogP contribution in [0.4, 0.5) is 0 Å². The Labute approximate surface area is 74.9 Å². The summed E-state index contributed by atoms with van der Waals surface area (Å²) in [7, 11) is 0. The van der Waals surface area contributed by atoms with Crippen LogP contribution in [0.25, 0.3) is 0 Å². The molecule has 1 unspecified atom stereocenters. The second-order valence-corrected chi connectivity index (χ2v) is 3.00. The Hall–Kier alpha value is -1.04. The Bertz CT molecular complexity index is 223. The molecule has 0 aliphatic rings. The zero-order valence-electron chi connectivity index (χ0n) is 7.53. The fourth-order valence-corrected chi connectivity index (χ4v) is 1.39. The number of hydrogen-bond acceptors (Lipinski definition) is 0. The average Bonchev–Trinajstić information content (AvgIpc) is 2.15. The molecular weight excluding hydrogens is 144 g/mol. The molecule has 0 amide bonds. The van der Waals surface area contributed by atoms with Crippen LogP contribution in [0.5, 0.6) is 0 Å². The molecule has 0 heteroatoms. The number of benzene rings is 1. The van der Waals surface area contributed by atoms with E-state index in [1.54, 1.807) is 6.08 Å². The van der Waals surface area contributed by atoms with Gasteiger partial charge in [-0.25, -0.2) is 0 Å². The van der Waals surface area contributed by atoms with Crippen LogP contribution in [0.15, 0.2) is 36.4 Å². The van der Waals surface area contributed by atoms with Crippen molar-refractivity contribution in [1.29, 1.82) is 0 Å². The first-order chi connectivity index (χ1) is 5.88. The quantitative estimate of drug-likeness (QED) is 0.630. The van der Waals surface area contributed by atoms with Gasteiger partial charge >= 0.3 is 0 Å². The van der Waals surface area contributed by atoms with Gasteiger partial charge < -0.3 is 0 Å². The van der Waals surface area contributed by atoms with E-state index in [1.807, 2.05) is 6.07 Å². The molecular formula is C12H15. The molecule has 0 aliphatic heterocycles. The molecule has 0 nitrogen and oxygen atoms in total. The van der Waals surface area contributed by atoms with E-state index in [0.717, 1.165) is 6.42 Å². The first-order valence-corrected chi connectivity index (χ1v) is 4.48. The predicted octanol–water partition coefficient (Wildman–Crippen LogP) is 3.56. The molecule has 0 aliphatic carbocycles. The molecule has 1 aromatic rings. The Morgan fingerprint density at radius 2 is 2.00 bits per heavy atom. The molecule has 0 saturated carbocycles. The van der Waals surface area contributed by atoms with Crippen molar-refractivity contribution in [2.24, 2.45) is 0 Å². The van der Waals surface area contributed by atoms with Gasteiger partial charge in [-0.2, -0.15) is 0 Å². The summed E-state index contributed by atoms with van der Waals surface area (Å²) in [5, 5.41) is 0. The van der Waals surface area contributed by atoms with E-state index in [1.165, 1.54) is 12.0 Å². The third-order valence-corrected chi connectivity index (χ3v) is 2.06. The molecule has 0 fully saturated rings. The molecule has 1 atom stereocenters. The highest BCUT2D eigenvalue weighted by Gasteiger charge is 2.03. The van der Waals surface area contributed by atoms with Gasteiger partial charge in [-0.05, 0) is 12.0 Å². The molecule has 0 spiro atoms. The first-order valence-electron chi connectivity index (χ1n) is 4.48. The largest absolute Gasteiger partial charge is 0.0770 e. The van der Waals surface area contributed by atoms with Crippen LogP contribution in [0.2, 0.25) is 0 Å². The zero-order valence-corrected chi connectivity index (χ0v) is 7.53. The van der Waals surface area contributed by atoms with E-state index in [2.05, 4.69) is 31.2 Å². The minimum Gasteiger partial charge on any atom is -0.0770 e. The highest BCUT2D eigenvalue weighted by molar-refractivity contribution is 5.22. The van der Waals surface area contributed by atoms with E-state index in [-0.39, 0.29) is 0 Å². The maximum atomic E-state index is 5.57. The third-order valence-electron chi connectivity index (χ3n) is 2.06. The molecule has 1 radical (unpaired) electrons. The van der Waals surface area contributed by atoms with Crippen molar-refractivity contribution in [3.05, 3.63) is 48.6 Å². The Balaban J connectivity index is 2.73. The van der Waals surface area contributed by atoms with Crippen molar-refractivity contribution >= 4 is 0 Å². The van der Waals surface area contributed by atoms with E-state index in [4.69, 9.17) is 6.58 Å². The fourth-order valence-electron chi connectivity index (χ4n) is 1.39. The lowest BCUT2D eigenvalue weighted by Crippen LogP contribution is -1.93. The van der Waals surface area contributed by atoms with Crippen LogP contribution in [0, 0.1) is 6.58 Å². The van der Waals surface area contributed by atoms with Gasteiger partial charge in [0.05, 0.1) is 0 Å². The zero-order chi connectivity index (χ0) is 8.81. The van der Waals surface area contributed by atoms with Crippen LogP contribution in [-0.2, 0) is 0 Å². The molecule has 0 bridgehead atoms. The van der Waals surface area contributed by atoms with Gasteiger partial charge in [0.15, 0.2) is 0 Å². The minimum absolute atomic E-state index is 0.427. The Kier molecular flexibility index (Phi) is 3.59. The van der Waals surface area contributed by atoms with Gasteiger partial charge in [0.25, 0.3) is 0 Å². The van der Waals surface area contributed by atoms with Crippen LogP contribution < -0.4 is 0 Å². The minimum atomic E-state index is 0.427. The van der Waals surface area contributed by atoms with E-state index < -0.39 is 0 Å². The molecule has 0 N–H and O–H groups in total. The number of hydrogen-bond donors (Lipinski definition) is 0. The molecule has 12 heavy (non-hydrogen) atoms. The van der Waals surface area contributed by atoms with Crippen molar-refractivity contribution in [2.75, 3.05) is 0 Å². The normalized spacial score (nSPS) is 12.4. The van der Waals surface area contributed by atoms with Gasteiger partial charge in [0.2, 0.25) is 0 Å². The van der Waals surface area contributed by atoms with Gasteiger partial charge in [0, 0.05) is 5.92 Å². The molecule has 63 valence electrons. The highest BCUT2D eigenvalue weighted by Crippen LogP contribution is 2.21. The summed E-state index contributed by atoms with van der Waals surface area (Å²) >= 11 is 0. The highest BCUT2D eigenvalue weighted by atomic mass is 14.1. The standard InChI is InChI=1S/C12H15/c1-3-8-11(4-2)12-9-6-5-7-10-12/h2,4-7,9-11H,3,8H2,1H3. The molecule has 0 aromatic heterocycles. The molecule has 0 heterocycles. The Morgan fingerprint density at radius 1 is 1.33 bits per heavy atom. The van der Waals surface area contributed by atoms with Crippen LogP contribution in [0.3, 0.4) is 0 Å². The van der Waals surface area contributed by atoms with Crippen molar-refractivity contribution in [2.45, 2.75) is 25.7 Å². The summed E-state index contributed by atoms with van der Waals surface area (Å²) in [5.74, 6) is 0.427. The van der Waals surface area contributed by atoms with E-state index in [0.29, 0.717) is 5.92 Å². The summed E-state index contributed by atoms with van der Waals surface area (Å²) < 4.78 is 0. The monoisotopic (exact) mass is 159 g/mol. The summed E-state index contributed by atoms with van der Waals surface area (Å²) in [4.78, 5) is 0. The van der Waals surface area contributed by atoms with Crippen LogP contribution >= 0.6 is 0 Å². The van der Waals surface area contributed by atoms with Crippen molar-refractivity contribution in [3.63, 3.8) is 0 Å². The van der Waals surface area contributed by atoms with Gasteiger partial charge in [-0.3, -0.25) is 0 Å². The topological polar surface area (TPSA) is 0 Å². The summed E-state index contributed by atoms with van der Waals surface area (Å²) in [6, 6.07) is 10.4. The first kappa shape index (κ1) is 9.05. The third kappa shape index (κ3) is 2.23. The van der Waals surface area contributed by atoms with Gasteiger partial charge in [-0.1, -0.05) is 56.3 Å². The lowest BCUT2D eigenvalue weighted by atomic mass is 9.95. The fraction of sp³-hybridized carbons (Fsp3) is 0.333. The lowest BCUT2D eigenvalue weighted by Gasteiger charge is -2.10. The van der Waals surface area contributed by atoms with E-state index in [9.17, 15) is 0 Å². The number of rotatable bonds is 4. The maximum absolute atomic E-state index is 5.57. The van der Waals surface area contributed by atoms with Crippen LogP contribution in [0.1, 0.15) is 31.2 Å². The van der Waals surface area contributed by atoms with E-state index >= 15 is 0 Å². The van der Waals surface area contributed by atoms with Gasteiger partial charge in [0.1, 0.15) is 0 Å². The lowest BCUT2D eigenvalue weighted by molar-refractivity contribution is 0.718. The van der Waals surface area contributed by atoms with Crippen LogP contribution in [-0.4, -0.2) is 0 Å². The Morgan fingerprint density at radius 3 is 2.50 bits per heavy atom. The smallest absolute Gasteiger partial charge is 0.00209 e. The second-order valence-electron chi connectivity index (χ2n) is 3.00. The molecule has 0 saturated heterocycles. The predicted molar refractivity (Wildman–Crippen MR) is 53.0 cm³/mol. The van der Waals surface area contributed by atoms with Crippen molar-refractivity contribution < 1.29 is 0 Å². The van der Waals surface area contributed by atoms with Gasteiger partial charge in [-0.15, -0.1) is 0 Å². The summed E-state index contributed by atoms with van der Waals surface area (Å²) in [5.41, 5.74) is 1.32. The second kappa shape index (κ2) is 4.76. The molecule has 1 aromatic carbocycles.